The molecule has 2 aromatic rings. The number of aryl methyl sites for hydroxylation is 2. The van der Waals surface area contributed by atoms with Gasteiger partial charge in [0, 0.05) is 10.4 Å². The monoisotopic (exact) mass is 330 g/mol. The summed E-state index contributed by atoms with van der Waals surface area (Å²) in [4.78, 5) is 26.1. The first kappa shape index (κ1) is 14.3. The van der Waals surface area contributed by atoms with Crippen LogP contribution in [0.2, 0.25) is 0 Å². The molecule has 0 unspecified atom stereocenters. The summed E-state index contributed by atoms with van der Waals surface area (Å²) in [5.41, 5.74) is 1.68. The van der Waals surface area contributed by atoms with Crippen molar-refractivity contribution in [3.05, 3.63) is 45.1 Å². The van der Waals surface area contributed by atoms with Gasteiger partial charge in [0.1, 0.15) is 4.88 Å². The SMILES string of the molecule is O=C(COC(=O)c1cc2c(s1)CCC2)c1ccc2c(c1)OCO2. The Bertz CT molecular complexity index is 771. The molecular formula is C17H14O5S. The lowest BCUT2D eigenvalue weighted by atomic mass is 10.1. The number of carbonyl (C=O) groups is 2. The quantitative estimate of drug-likeness (QED) is 0.637. The van der Waals surface area contributed by atoms with E-state index in [0.717, 1.165) is 19.3 Å². The highest BCUT2D eigenvalue weighted by Crippen LogP contribution is 2.33. The Morgan fingerprint density at radius 3 is 2.87 bits per heavy atom. The van der Waals surface area contributed by atoms with Crippen LogP contribution in [-0.2, 0) is 17.6 Å². The van der Waals surface area contributed by atoms with E-state index in [2.05, 4.69) is 0 Å². The van der Waals surface area contributed by atoms with Crippen molar-refractivity contribution in [3.63, 3.8) is 0 Å². The van der Waals surface area contributed by atoms with Crippen LogP contribution in [0.1, 0.15) is 36.9 Å². The molecule has 1 aliphatic heterocycles. The van der Waals surface area contributed by atoms with Crippen molar-refractivity contribution in [2.24, 2.45) is 0 Å². The maximum atomic E-state index is 12.1. The summed E-state index contributed by atoms with van der Waals surface area (Å²) in [5.74, 6) is 0.461. The Morgan fingerprint density at radius 2 is 2.00 bits per heavy atom. The molecule has 0 saturated carbocycles. The number of Topliss-reactive ketones (excluding diaryl/α,β-unsaturated/α-hetero) is 1. The summed E-state index contributed by atoms with van der Waals surface area (Å²) in [6.45, 7) is -0.119. The van der Waals surface area contributed by atoms with Gasteiger partial charge in [-0.25, -0.2) is 4.79 Å². The fourth-order valence-corrected chi connectivity index (χ4v) is 3.93. The first-order chi connectivity index (χ1) is 11.2. The van der Waals surface area contributed by atoms with Gasteiger partial charge in [0.25, 0.3) is 0 Å². The number of carbonyl (C=O) groups excluding carboxylic acids is 2. The van der Waals surface area contributed by atoms with E-state index in [9.17, 15) is 9.59 Å². The molecule has 0 radical (unpaired) electrons. The predicted octanol–water partition coefficient (Wildman–Crippen LogP) is 3.01. The number of hydrogen-bond donors (Lipinski definition) is 0. The van der Waals surface area contributed by atoms with Gasteiger partial charge in [-0.05, 0) is 49.1 Å². The molecule has 1 aromatic carbocycles. The Balaban J connectivity index is 1.40. The first-order valence-corrected chi connectivity index (χ1v) is 8.24. The van der Waals surface area contributed by atoms with Crippen LogP contribution in [0, 0.1) is 0 Å². The fraction of sp³-hybridized carbons (Fsp3) is 0.294. The largest absolute Gasteiger partial charge is 0.454 e. The third-order valence-corrected chi connectivity index (χ3v) is 5.19. The van der Waals surface area contributed by atoms with Crippen LogP contribution in [0.25, 0.3) is 0 Å². The fourth-order valence-electron chi connectivity index (χ4n) is 2.79. The summed E-state index contributed by atoms with van der Waals surface area (Å²) in [6, 6.07) is 6.82. The van der Waals surface area contributed by atoms with E-state index >= 15 is 0 Å². The molecule has 4 rings (SSSR count). The lowest BCUT2D eigenvalue weighted by Gasteiger charge is -2.04. The lowest BCUT2D eigenvalue weighted by molar-refractivity contribution is 0.0479. The second kappa shape index (κ2) is 5.70. The van der Waals surface area contributed by atoms with Gasteiger partial charge in [0.15, 0.2) is 23.9 Å². The van der Waals surface area contributed by atoms with Gasteiger partial charge in [0.05, 0.1) is 0 Å². The number of rotatable bonds is 4. The number of hydrogen-bond acceptors (Lipinski definition) is 6. The third kappa shape index (κ3) is 2.70. The summed E-state index contributed by atoms with van der Waals surface area (Å²) in [7, 11) is 0. The molecule has 23 heavy (non-hydrogen) atoms. The maximum absolute atomic E-state index is 12.1. The van der Waals surface area contributed by atoms with Crippen LogP contribution in [-0.4, -0.2) is 25.2 Å². The second-order valence-corrected chi connectivity index (χ2v) is 6.62. The van der Waals surface area contributed by atoms with Gasteiger partial charge in [0.2, 0.25) is 6.79 Å². The van der Waals surface area contributed by atoms with E-state index in [1.54, 1.807) is 18.2 Å². The van der Waals surface area contributed by atoms with Crippen LogP contribution in [0.15, 0.2) is 24.3 Å². The molecule has 0 atom stereocenters. The third-order valence-electron chi connectivity index (χ3n) is 3.98. The molecule has 0 fully saturated rings. The van der Waals surface area contributed by atoms with Gasteiger partial charge >= 0.3 is 5.97 Å². The van der Waals surface area contributed by atoms with Crippen LogP contribution in [0.4, 0.5) is 0 Å². The van der Waals surface area contributed by atoms with Crippen molar-refractivity contribution < 1.29 is 23.8 Å². The van der Waals surface area contributed by atoms with E-state index in [4.69, 9.17) is 14.2 Å². The van der Waals surface area contributed by atoms with Crippen molar-refractivity contribution >= 4 is 23.1 Å². The summed E-state index contributed by atoms with van der Waals surface area (Å²) in [6.07, 6.45) is 3.21. The standard InChI is InChI=1S/C17H14O5S/c18-12(10-4-5-13-14(6-10)22-9-21-13)8-20-17(19)16-7-11-2-1-3-15(11)23-16/h4-7H,1-3,8-9H2. The van der Waals surface area contributed by atoms with E-state index in [-0.39, 0.29) is 19.2 Å². The molecule has 0 bridgehead atoms. The second-order valence-electron chi connectivity index (χ2n) is 5.48. The minimum atomic E-state index is -0.432. The molecule has 1 aromatic heterocycles. The molecule has 5 nitrogen and oxygen atoms in total. The average Bonchev–Trinajstić information content (AvgIpc) is 3.25. The summed E-state index contributed by atoms with van der Waals surface area (Å²) in [5, 5.41) is 0. The summed E-state index contributed by atoms with van der Waals surface area (Å²) >= 11 is 1.47. The van der Waals surface area contributed by atoms with Crippen LogP contribution >= 0.6 is 11.3 Å². The molecule has 0 saturated heterocycles. The average molecular weight is 330 g/mol. The highest BCUT2D eigenvalue weighted by molar-refractivity contribution is 7.14. The number of fused-ring (bicyclic) bond motifs is 2. The highest BCUT2D eigenvalue weighted by Gasteiger charge is 2.21. The van der Waals surface area contributed by atoms with E-state index in [1.165, 1.54) is 21.8 Å². The van der Waals surface area contributed by atoms with Crippen molar-refractivity contribution in [1.82, 2.24) is 0 Å². The number of ether oxygens (including phenoxy) is 3. The Labute approximate surface area is 136 Å². The topological polar surface area (TPSA) is 61.8 Å². The highest BCUT2D eigenvalue weighted by atomic mass is 32.1. The Kier molecular flexibility index (Phi) is 3.53. The summed E-state index contributed by atoms with van der Waals surface area (Å²) < 4.78 is 15.6. The molecule has 0 amide bonds. The first-order valence-electron chi connectivity index (χ1n) is 7.42. The smallest absolute Gasteiger partial charge is 0.348 e. The number of thiophene rings is 1. The van der Waals surface area contributed by atoms with Gasteiger partial charge in [-0.15, -0.1) is 11.3 Å². The predicted molar refractivity (Wildman–Crippen MR) is 83.5 cm³/mol. The van der Waals surface area contributed by atoms with Gasteiger partial charge < -0.3 is 14.2 Å². The van der Waals surface area contributed by atoms with Crippen LogP contribution in [0.5, 0.6) is 11.5 Å². The Morgan fingerprint density at radius 1 is 1.13 bits per heavy atom. The van der Waals surface area contributed by atoms with E-state index < -0.39 is 5.97 Å². The van der Waals surface area contributed by atoms with Crippen molar-refractivity contribution in [2.75, 3.05) is 13.4 Å². The molecule has 2 heterocycles. The lowest BCUT2D eigenvalue weighted by Crippen LogP contribution is -2.13. The number of ketones is 1. The van der Waals surface area contributed by atoms with E-state index in [1.807, 2.05) is 6.07 Å². The van der Waals surface area contributed by atoms with Gasteiger partial charge in [-0.2, -0.15) is 0 Å². The number of esters is 1. The van der Waals surface area contributed by atoms with Crippen LogP contribution < -0.4 is 9.47 Å². The molecule has 6 heteroatoms. The minimum absolute atomic E-state index is 0.158. The van der Waals surface area contributed by atoms with Gasteiger partial charge in [-0.1, -0.05) is 0 Å². The molecule has 0 N–H and O–H groups in total. The normalized spacial score (nSPS) is 14.6. The number of benzene rings is 1. The van der Waals surface area contributed by atoms with Crippen molar-refractivity contribution in [2.45, 2.75) is 19.3 Å². The van der Waals surface area contributed by atoms with E-state index in [0.29, 0.717) is 21.9 Å². The zero-order chi connectivity index (χ0) is 15.8. The zero-order valence-corrected chi connectivity index (χ0v) is 13.1. The van der Waals surface area contributed by atoms with Crippen molar-refractivity contribution in [3.8, 4) is 11.5 Å². The van der Waals surface area contributed by atoms with Crippen molar-refractivity contribution in [1.29, 1.82) is 0 Å². The molecule has 1 aliphatic carbocycles. The minimum Gasteiger partial charge on any atom is -0.454 e. The van der Waals surface area contributed by atoms with Crippen LogP contribution in [0.3, 0.4) is 0 Å². The molecule has 2 aliphatic rings. The Hall–Kier alpha value is -2.34. The maximum Gasteiger partial charge on any atom is 0.348 e. The molecule has 0 spiro atoms. The molecule has 118 valence electrons. The van der Waals surface area contributed by atoms with Gasteiger partial charge in [-0.3, -0.25) is 4.79 Å². The zero-order valence-electron chi connectivity index (χ0n) is 12.3. The molecular weight excluding hydrogens is 316 g/mol.